The second-order valence-corrected chi connectivity index (χ2v) is 5.28. The number of nitrogens with one attached hydrogen (secondary N) is 1. The lowest BCUT2D eigenvalue weighted by molar-refractivity contribution is 0.387. The molecule has 1 unspecified atom stereocenters. The number of anilines is 1. The van der Waals surface area contributed by atoms with Crippen molar-refractivity contribution in [2.75, 3.05) is 12.4 Å². The predicted molar refractivity (Wildman–Crippen MR) is 79.8 cm³/mol. The van der Waals surface area contributed by atoms with E-state index in [-0.39, 0.29) is 11.6 Å². The van der Waals surface area contributed by atoms with E-state index in [1.54, 1.807) is 12.1 Å². The highest BCUT2D eigenvalue weighted by Crippen LogP contribution is 2.33. The second kappa shape index (κ2) is 5.16. The average Bonchev–Trinajstić information content (AvgIpc) is 2.47. The van der Waals surface area contributed by atoms with E-state index in [0.29, 0.717) is 11.6 Å². The summed E-state index contributed by atoms with van der Waals surface area (Å²) in [6, 6.07) is 11.8. The Kier molecular flexibility index (Phi) is 3.35. The van der Waals surface area contributed by atoms with Gasteiger partial charge in [0.2, 0.25) is 0 Å². The first-order valence-electron chi connectivity index (χ1n) is 6.91. The van der Waals surface area contributed by atoms with Crippen molar-refractivity contribution in [2.45, 2.75) is 25.8 Å². The predicted octanol–water partition coefficient (Wildman–Crippen LogP) is 4.25. The third kappa shape index (κ3) is 2.24. The number of halogens is 1. The molecule has 1 atom stereocenters. The maximum absolute atomic E-state index is 14.3. The molecule has 104 valence electrons. The van der Waals surface area contributed by atoms with Crippen LogP contribution in [0.15, 0.2) is 36.4 Å². The first-order chi connectivity index (χ1) is 9.69. The van der Waals surface area contributed by atoms with E-state index in [1.807, 2.05) is 18.2 Å². The summed E-state index contributed by atoms with van der Waals surface area (Å²) in [6.07, 6.45) is 2.14. The number of methoxy groups -OCH3 is 1. The Morgan fingerprint density at radius 1 is 1.25 bits per heavy atom. The van der Waals surface area contributed by atoms with Gasteiger partial charge >= 0.3 is 0 Å². The van der Waals surface area contributed by atoms with Crippen molar-refractivity contribution in [1.29, 1.82) is 0 Å². The van der Waals surface area contributed by atoms with E-state index in [2.05, 4.69) is 18.3 Å². The van der Waals surface area contributed by atoms with E-state index in [9.17, 15) is 4.39 Å². The third-order valence-electron chi connectivity index (χ3n) is 3.85. The van der Waals surface area contributed by atoms with Crippen LogP contribution >= 0.6 is 0 Å². The zero-order valence-corrected chi connectivity index (χ0v) is 11.7. The fourth-order valence-electron chi connectivity index (χ4n) is 2.71. The number of aryl methyl sites for hydroxylation is 1. The summed E-state index contributed by atoms with van der Waals surface area (Å²) in [5.74, 6) is -0.0148. The summed E-state index contributed by atoms with van der Waals surface area (Å²) < 4.78 is 19.4. The highest BCUT2D eigenvalue weighted by atomic mass is 19.1. The van der Waals surface area contributed by atoms with Crippen LogP contribution in [0.25, 0.3) is 11.1 Å². The van der Waals surface area contributed by atoms with Crippen molar-refractivity contribution in [3.8, 4) is 16.9 Å². The average molecular weight is 271 g/mol. The van der Waals surface area contributed by atoms with Crippen LogP contribution in [0.4, 0.5) is 10.1 Å². The minimum Gasteiger partial charge on any atom is -0.494 e. The molecule has 0 aromatic heterocycles. The van der Waals surface area contributed by atoms with Crippen molar-refractivity contribution < 1.29 is 9.13 Å². The molecule has 0 aliphatic carbocycles. The Bertz CT molecular complexity index is 639. The summed E-state index contributed by atoms with van der Waals surface area (Å²) in [5.41, 5.74) is 3.90. The smallest absolute Gasteiger partial charge is 0.172 e. The lowest BCUT2D eigenvalue weighted by Gasteiger charge is -2.24. The minimum atomic E-state index is -0.299. The number of hydrogen-bond donors (Lipinski definition) is 1. The van der Waals surface area contributed by atoms with E-state index < -0.39 is 0 Å². The van der Waals surface area contributed by atoms with Crippen LogP contribution in [0.3, 0.4) is 0 Å². The molecule has 2 nitrogen and oxygen atoms in total. The van der Waals surface area contributed by atoms with Crippen molar-refractivity contribution in [2.24, 2.45) is 0 Å². The maximum atomic E-state index is 14.3. The zero-order chi connectivity index (χ0) is 14.1. The van der Waals surface area contributed by atoms with E-state index in [4.69, 9.17) is 4.74 Å². The highest BCUT2D eigenvalue weighted by Gasteiger charge is 2.16. The summed E-state index contributed by atoms with van der Waals surface area (Å²) >= 11 is 0. The molecule has 0 radical (unpaired) electrons. The Balaban J connectivity index is 2.03. The van der Waals surface area contributed by atoms with Gasteiger partial charge < -0.3 is 10.1 Å². The molecule has 0 fully saturated rings. The summed E-state index contributed by atoms with van der Waals surface area (Å²) in [4.78, 5) is 0. The van der Waals surface area contributed by atoms with E-state index >= 15 is 0 Å². The fraction of sp³-hybridized carbons (Fsp3) is 0.294. The Labute approximate surface area is 118 Å². The number of rotatable bonds is 2. The van der Waals surface area contributed by atoms with Crippen LogP contribution in [0.1, 0.15) is 18.9 Å². The molecular formula is C17H18FNO. The number of benzene rings is 2. The Morgan fingerprint density at radius 2 is 2.10 bits per heavy atom. The number of fused-ring (bicyclic) bond motifs is 1. The van der Waals surface area contributed by atoms with Crippen LogP contribution in [-0.2, 0) is 6.42 Å². The lowest BCUT2D eigenvalue weighted by atomic mass is 9.94. The molecule has 0 saturated carbocycles. The molecule has 0 amide bonds. The molecule has 1 heterocycles. The lowest BCUT2D eigenvalue weighted by Crippen LogP contribution is -2.21. The first kappa shape index (κ1) is 13.0. The third-order valence-corrected chi connectivity index (χ3v) is 3.85. The summed E-state index contributed by atoms with van der Waals surface area (Å²) in [7, 11) is 1.49. The van der Waals surface area contributed by atoms with Gasteiger partial charge in [-0.15, -0.1) is 0 Å². The molecule has 1 aliphatic rings. The molecule has 3 heteroatoms. The van der Waals surface area contributed by atoms with Crippen molar-refractivity contribution in [3.63, 3.8) is 0 Å². The van der Waals surface area contributed by atoms with Crippen molar-refractivity contribution in [1.82, 2.24) is 0 Å². The molecule has 1 aliphatic heterocycles. The molecule has 0 saturated heterocycles. The zero-order valence-electron chi connectivity index (χ0n) is 11.7. The van der Waals surface area contributed by atoms with Crippen molar-refractivity contribution in [3.05, 3.63) is 47.8 Å². The van der Waals surface area contributed by atoms with Gasteiger partial charge in [-0.2, -0.15) is 0 Å². The van der Waals surface area contributed by atoms with Crippen LogP contribution in [-0.4, -0.2) is 13.2 Å². The van der Waals surface area contributed by atoms with Crippen LogP contribution in [0.2, 0.25) is 0 Å². The van der Waals surface area contributed by atoms with Gasteiger partial charge in [-0.3, -0.25) is 0 Å². The molecule has 2 aromatic rings. The maximum Gasteiger partial charge on any atom is 0.172 e. The molecule has 0 spiro atoms. The van der Waals surface area contributed by atoms with Gasteiger partial charge in [0.25, 0.3) is 0 Å². The van der Waals surface area contributed by atoms with Gasteiger partial charge in [-0.25, -0.2) is 4.39 Å². The van der Waals surface area contributed by atoms with Gasteiger partial charge in [-0.05, 0) is 49.1 Å². The Morgan fingerprint density at radius 3 is 2.90 bits per heavy atom. The van der Waals surface area contributed by atoms with Gasteiger partial charge in [0.1, 0.15) is 0 Å². The molecule has 1 N–H and O–H groups in total. The standard InChI is InChI=1S/C17H18FNO/c1-11-6-7-13-10-12(8-9-15(13)19-11)14-4-3-5-16(20-2)17(14)18/h3-5,8-11,19H,6-7H2,1-2H3. The van der Waals surface area contributed by atoms with Gasteiger partial charge in [0.15, 0.2) is 11.6 Å². The monoisotopic (exact) mass is 271 g/mol. The highest BCUT2D eigenvalue weighted by molar-refractivity contribution is 5.71. The summed E-state index contributed by atoms with van der Waals surface area (Å²) in [6.45, 7) is 2.18. The van der Waals surface area contributed by atoms with Gasteiger partial charge in [-0.1, -0.05) is 18.2 Å². The topological polar surface area (TPSA) is 21.3 Å². The number of hydrogen-bond acceptors (Lipinski definition) is 2. The molecule has 20 heavy (non-hydrogen) atoms. The second-order valence-electron chi connectivity index (χ2n) is 5.28. The van der Waals surface area contributed by atoms with Crippen LogP contribution in [0.5, 0.6) is 5.75 Å². The summed E-state index contributed by atoms with van der Waals surface area (Å²) in [5, 5.41) is 3.46. The van der Waals surface area contributed by atoms with Crippen LogP contribution in [0, 0.1) is 5.82 Å². The number of ether oxygens (including phenoxy) is 1. The molecule has 3 rings (SSSR count). The SMILES string of the molecule is COc1cccc(-c2ccc3c(c2)CCC(C)N3)c1F. The van der Waals surface area contributed by atoms with Crippen molar-refractivity contribution >= 4 is 5.69 Å². The quantitative estimate of drug-likeness (QED) is 0.881. The Hall–Kier alpha value is -2.03. The minimum absolute atomic E-state index is 0.284. The fourth-order valence-corrected chi connectivity index (χ4v) is 2.71. The van der Waals surface area contributed by atoms with E-state index in [0.717, 1.165) is 24.1 Å². The van der Waals surface area contributed by atoms with Gasteiger partial charge in [0, 0.05) is 17.3 Å². The molecule has 2 aromatic carbocycles. The molecule has 0 bridgehead atoms. The van der Waals surface area contributed by atoms with E-state index in [1.165, 1.54) is 12.7 Å². The van der Waals surface area contributed by atoms with Crippen LogP contribution < -0.4 is 10.1 Å². The molecular weight excluding hydrogens is 253 g/mol. The normalized spacial score (nSPS) is 17.2. The largest absolute Gasteiger partial charge is 0.494 e. The first-order valence-corrected chi connectivity index (χ1v) is 6.91. The van der Waals surface area contributed by atoms with Gasteiger partial charge in [0.05, 0.1) is 7.11 Å².